The van der Waals surface area contributed by atoms with Crippen LogP contribution < -0.4 is 14.2 Å². The first-order valence-corrected chi connectivity index (χ1v) is 8.70. The maximum atomic E-state index is 10.4. The average Bonchev–Trinajstić information content (AvgIpc) is 3.35. The largest absolute Gasteiger partial charge is 0.491 e. The highest BCUT2D eigenvalue weighted by molar-refractivity contribution is 5.46. The standard InChI is InChI=1S/C18H23N3O4/c22-15(12-23-16-4-5-17-18(9-16)25-13-24-17)11-20-7-1-3-14(20)10-21-8-2-6-19-21/h2,4-6,8-9,14-15,22H,1,3,7,10-13H2/t14-,15+/m0/s1. The van der Waals surface area contributed by atoms with Crippen molar-refractivity contribution in [1.29, 1.82) is 0 Å². The highest BCUT2D eigenvalue weighted by atomic mass is 16.7. The van der Waals surface area contributed by atoms with Crippen molar-refractivity contribution in [2.24, 2.45) is 0 Å². The molecule has 2 aliphatic heterocycles. The molecule has 134 valence electrons. The van der Waals surface area contributed by atoms with Gasteiger partial charge in [0.25, 0.3) is 0 Å². The van der Waals surface area contributed by atoms with Gasteiger partial charge in [0.05, 0.1) is 6.54 Å². The number of benzene rings is 1. The zero-order valence-corrected chi connectivity index (χ0v) is 14.1. The molecular weight excluding hydrogens is 322 g/mol. The van der Waals surface area contributed by atoms with E-state index in [1.165, 1.54) is 0 Å². The number of hydrogen-bond donors (Lipinski definition) is 1. The number of likely N-dealkylation sites (tertiary alicyclic amines) is 1. The Balaban J connectivity index is 1.27. The molecule has 0 saturated carbocycles. The van der Waals surface area contributed by atoms with Gasteiger partial charge in [0.1, 0.15) is 18.5 Å². The average molecular weight is 345 g/mol. The second kappa shape index (κ2) is 7.33. The van der Waals surface area contributed by atoms with Gasteiger partial charge in [-0.3, -0.25) is 9.58 Å². The first kappa shape index (κ1) is 16.2. The van der Waals surface area contributed by atoms with Crippen LogP contribution in [0, 0.1) is 0 Å². The summed E-state index contributed by atoms with van der Waals surface area (Å²) in [7, 11) is 0. The number of ether oxygens (including phenoxy) is 3. The van der Waals surface area contributed by atoms with Crippen molar-refractivity contribution in [2.45, 2.75) is 31.5 Å². The molecule has 2 aliphatic rings. The van der Waals surface area contributed by atoms with E-state index in [0.717, 1.165) is 31.7 Å². The predicted octanol–water partition coefficient (Wildman–Crippen LogP) is 1.52. The molecule has 2 atom stereocenters. The van der Waals surface area contributed by atoms with Crippen LogP contribution >= 0.6 is 0 Å². The number of hydrogen-bond acceptors (Lipinski definition) is 6. The van der Waals surface area contributed by atoms with Gasteiger partial charge in [0.15, 0.2) is 11.5 Å². The Bertz CT molecular complexity index is 692. The quantitative estimate of drug-likeness (QED) is 0.820. The van der Waals surface area contributed by atoms with E-state index in [4.69, 9.17) is 14.2 Å². The summed E-state index contributed by atoms with van der Waals surface area (Å²) < 4.78 is 18.3. The molecular formula is C18H23N3O4. The van der Waals surface area contributed by atoms with Gasteiger partial charge in [-0.25, -0.2) is 0 Å². The number of nitrogens with zero attached hydrogens (tertiary/aromatic N) is 3. The molecule has 0 radical (unpaired) electrons. The monoisotopic (exact) mass is 345 g/mol. The van der Waals surface area contributed by atoms with Gasteiger partial charge >= 0.3 is 0 Å². The van der Waals surface area contributed by atoms with E-state index in [1.54, 1.807) is 12.3 Å². The van der Waals surface area contributed by atoms with Crippen molar-refractivity contribution in [3.8, 4) is 17.2 Å². The number of aliphatic hydroxyl groups is 1. The summed E-state index contributed by atoms with van der Waals surface area (Å²) in [6.45, 7) is 2.98. The fourth-order valence-electron chi connectivity index (χ4n) is 3.45. The molecule has 0 unspecified atom stereocenters. The lowest BCUT2D eigenvalue weighted by Crippen LogP contribution is -2.40. The van der Waals surface area contributed by atoms with Gasteiger partial charge in [-0.2, -0.15) is 5.10 Å². The number of aliphatic hydroxyl groups excluding tert-OH is 1. The summed E-state index contributed by atoms with van der Waals surface area (Å²) in [5, 5.41) is 14.6. The summed E-state index contributed by atoms with van der Waals surface area (Å²) in [5.41, 5.74) is 0. The van der Waals surface area contributed by atoms with Gasteiger partial charge in [-0.15, -0.1) is 0 Å². The SMILES string of the molecule is O[C@@H](COc1ccc2c(c1)OCO2)CN1CCC[C@H]1Cn1cccn1. The van der Waals surface area contributed by atoms with E-state index in [-0.39, 0.29) is 13.4 Å². The summed E-state index contributed by atoms with van der Waals surface area (Å²) in [6.07, 6.45) is 5.53. The third-order valence-electron chi connectivity index (χ3n) is 4.69. The van der Waals surface area contributed by atoms with Crippen molar-refractivity contribution in [2.75, 3.05) is 26.5 Å². The van der Waals surface area contributed by atoms with Crippen molar-refractivity contribution < 1.29 is 19.3 Å². The number of fused-ring (bicyclic) bond motifs is 1. The van der Waals surface area contributed by atoms with Gasteiger partial charge in [0.2, 0.25) is 6.79 Å². The van der Waals surface area contributed by atoms with E-state index in [2.05, 4.69) is 10.00 Å². The molecule has 1 aromatic heterocycles. The molecule has 3 heterocycles. The molecule has 0 bridgehead atoms. The third-order valence-corrected chi connectivity index (χ3v) is 4.69. The topological polar surface area (TPSA) is 69.0 Å². The molecule has 4 rings (SSSR count). The second-order valence-electron chi connectivity index (χ2n) is 6.50. The fourth-order valence-corrected chi connectivity index (χ4v) is 3.45. The number of aromatic nitrogens is 2. The molecule has 1 aromatic carbocycles. The van der Waals surface area contributed by atoms with E-state index in [0.29, 0.717) is 24.1 Å². The van der Waals surface area contributed by atoms with E-state index >= 15 is 0 Å². The highest BCUT2D eigenvalue weighted by Gasteiger charge is 2.27. The number of β-amino-alcohol motifs (C(OH)–C–C–N with tert-alkyl or cyclic N) is 1. The zero-order valence-electron chi connectivity index (χ0n) is 14.1. The first-order chi connectivity index (χ1) is 12.3. The smallest absolute Gasteiger partial charge is 0.231 e. The van der Waals surface area contributed by atoms with Gasteiger partial charge in [-0.1, -0.05) is 0 Å². The maximum Gasteiger partial charge on any atom is 0.231 e. The molecule has 7 heteroatoms. The fraction of sp³-hybridized carbons (Fsp3) is 0.500. The minimum absolute atomic E-state index is 0.244. The normalized spacial score (nSPS) is 20.8. The van der Waals surface area contributed by atoms with Crippen LogP contribution in [0.25, 0.3) is 0 Å². The summed E-state index contributed by atoms with van der Waals surface area (Å²) >= 11 is 0. The lowest BCUT2D eigenvalue weighted by atomic mass is 10.2. The molecule has 7 nitrogen and oxygen atoms in total. The minimum atomic E-state index is -0.538. The van der Waals surface area contributed by atoms with Crippen LogP contribution in [0.4, 0.5) is 0 Å². The van der Waals surface area contributed by atoms with Crippen molar-refractivity contribution in [3.63, 3.8) is 0 Å². The second-order valence-corrected chi connectivity index (χ2v) is 6.50. The number of rotatable bonds is 7. The van der Waals surface area contributed by atoms with Crippen LogP contribution in [0.5, 0.6) is 17.2 Å². The van der Waals surface area contributed by atoms with Crippen LogP contribution in [0.1, 0.15) is 12.8 Å². The van der Waals surface area contributed by atoms with Gasteiger partial charge in [0, 0.05) is 31.0 Å². The predicted molar refractivity (Wildman–Crippen MR) is 90.9 cm³/mol. The van der Waals surface area contributed by atoms with Crippen LogP contribution in [-0.2, 0) is 6.54 Å². The zero-order chi connectivity index (χ0) is 17.1. The molecule has 1 saturated heterocycles. The first-order valence-electron chi connectivity index (χ1n) is 8.70. The van der Waals surface area contributed by atoms with Crippen molar-refractivity contribution >= 4 is 0 Å². The molecule has 2 aromatic rings. The van der Waals surface area contributed by atoms with Crippen LogP contribution in [0.15, 0.2) is 36.7 Å². The molecule has 0 spiro atoms. The molecule has 0 amide bonds. The lowest BCUT2D eigenvalue weighted by molar-refractivity contribution is 0.0609. The summed E-state index contributed by atoms with van der Waals surface area (Å²) in [5.74, 6) is 2.09. The Morgan fingerprint density at radius 2 is 2.24 bits per heavy atom. The van der Waals surface area contributed by atoms with Crippen LogP contribution in [0.2, 0.25) is 0 Å². The van der Waals surface area contributed by atoms with Crippen LogP contribution in [0.3, 0.4) is 0 Å². The van der Waals surface area contributed by atoms with Gasteiger partial charge < -0.3 is 19.3 Å². The minimum Gasteiger partial charge on any atom is -0.491 e. The van der Waals surface area contributed by atoms with E-state index < -0.39 is 6.10 Å². The maximum absolute atomic E-state index is 10.4. The highest BCUT2D eigenvalue weighted by Crippen LogP contribution is 2.35. The van der Waals surface area contributed by atoms with E-state index in [9.17, 15) is 5.11 Å². The summed E-state index contributed by atoms with van der Waals surface area (Å²) in [4.78, 5) is 2.33. The molecule has 1 N–H and O–H groups in total. The van der Waals surface area contributed by atoms with Crippen molar-refractivity contribution in [1.82, 2.24) is 14.7 Å². The Morgan fingerprint density at radius 3 is 3.12 bits per heavy atom. The lowest BCUT2D eigenvalue weighted by Gasteiger charge is -2.26. The Hall–Kier alpha value is -2.25. The Kier molecular flexibility index (Phi) is 4.76. The summed E-state index contributed by atoms with van der Waals surface area (Å²) in [6, 6.07) is 7.81. The van der Waals surface area contributed by atoms with Crippen LogP contribution in [-0.4, -0.2) is 58.4 Å². The Morgan fingerprint density at radius 1 is 1.32 bits per heavy atom. The molecule has 25 heavy (non-hydrogen) atoms. The van der Waals surface area contributed by atoms with E-state index in [1.807, 2.05) is 29.1 Å². The van der Waals surface area contributed by atoms with Crippen molar-refractivity contribution in [3.05, 3.63) is 36.7 Å². The van der Waals surface area contributed by atoms with Gasteiger partial charge in [-0.05, 0) is 37.6 Å². The molecule has 0 aliphatic carbocycles. The Labute approximate surface area is 146 Å². The third kappa shape index (κ3) is 3.88. The molecule has 1 fully saturated rings.